The average Bonchev–Trinajstić information content (AvgIpc) is 3.10. The molecule has 0 atom stereocenters. The lowest BCUT2D eigenvalue weighted by Crippen LogP contribution is -1.98. The van der Waals surface area contributed by atoms with E-state index in [1.807, 2.05) is 36.7 Å². The molecule has 0 amide bonds. The van der Waals surface area contributed by atoms with Crippen molar-refractivity contribution in [3.05, 3.63) is 60.3 Å². The Bertz CT molecular complexity index is 998. The van der Waals surface area contributed by atoms with Crippen LogP contribution < -0.4 is 0 Å². The molecule has 3 aromatic heterocycles. The van der Waals surface area contributed by atoms with Crippen molar-refractivity contribution in [1.82, 2.24) is 24.1 Å². The molecule has 0 aliphatic carbocycles. The van der Waals surface area contributed by atoms with E-state index in [-0.39, 0.29) is 5.82 Å². The van der Waals surface area contributed by atoms with Crippen LogP contribution in [-0.2, 0) is 7.05 Å². The van der Waals surface area contributed by atoms with E-state index in [0.29, 0.717) is 5.78 Å². The van der Waals surface area contributed by atoms with Gasteiger partial charge in [-0.25, -0.2) is 14.4 Å². The monoisotopic (exact) mass is 307 g/mol. The highest BCUT2D eigenvalue weighted by atomic mass is 19.1. The lowest BCUT2D eigenvalue weighted by molar-refractivity contribution is 0.628. The molecule has 0 radical (unpaired) electrons. The van der Waals surface area contributed by atoms with E-state index in [1.54, 1.807) is 23.0 Å². The zero-order chi connectivity index (χ0) is 16.0. The summed E-state index contributed by atoms with van der Waals surface area (Å²) < 4.78 is 17.0. The van der Waals surface area contributed by atoms with Crippen LogP contribution in [0.3, 0.4) is 0 Å². The van der Waals surface area contributed by atoms with Gasteiger partial charge in [-0.3, -0.25) is 9.08 Å². The molecule has 6 heteroatoms. The molecule has 0 N–H and O–H groups in total. The highest BCUT2D eigenvalue weighted by Crippen LogP contribution is 2.32. The van der Waals surface area contributed by atoms with Crippen molar-refractivity contribution in [2.75, 3.05) is 0 Å². The zero-order valence-electron chi connectivity index (χ0n) is 12.7. The van der Waals surface area contributed by atoms with Gasteiger partial charge in [-0.1, -0.05) is 0 Å². The lowest BCUT2D eigenvalue weighted by Gasteiger charge is -2.06. The highest BCUT2D eigenvalue weighted by Gasteiger charge is 2.19. The van der Waals surface area contributed by atoms with Crippen molar-refractivity contribution < 1.29 is 4.39 Å². The first-order chi connectivity index (χ1) is 11.1. The van der Waals surface area contributed by atoms with Gasteiger partial charge in [0.2, 0.25) is 5.78 Å². The van der Waals surface area contributed by atoms with Gasteiger partial charge in [0, 0.05) is 30.7 Å². The van der Waals surface area contributed by atoms with Crippen LogP contribution in [0.4, 0.5) is 4.39 Å². The molecule has 4 rings (SSSR count). The fraction of sp³-hybridized carbons (Fsp3) is 0.118. The van der Waals surface area contributed by atoms with E-state index >= 15 is 0 Å². The second-order valence-electron chi connectivity index (χ2n) is 5.39. The Kier molecular flexibility index (Phi) is 2.97. The van der Waals surface area contributed by atoms with Crippen molar-refractivity contribution >= 4 is 5.78 Å². The number of imidazole rings is 1. The van der Waals surface area contributed by atoms with E-state index in [9.17, 15) is 4.39 Å². The van der Waals surface area contributed by atoms with Gasteiger partial charge in [0.1, 0.15) is 17.2 Å². The predicted molar refractivity (Wildman–Crippen MR) is 85.3 cm³/mol. The SMILES string of the molecule is Cc1ccn2c(-c3ccnn3C)c(-c3ccc(F)cc3)nc2n1. The Hall–Kier alpha value is -3.02. The first-order valence-corrected chi connectivity index (χ1v) is 7.23. The summed E-state index contributed by atoms with van der Waals surface area (Å²) in [6.07, 6.45) is 3.69. The number of fused-ring (bicyclic) bond motifs is 1. The quantitative estimate of drug-likeness (QED) is 0.571. The van der Waals surface area contributed by atoms with Gasteiger partial charge >= 0.3 is 0 Å². The Labute approximate surface area is 132 Å². The fourth-order valence-electron chi connectivity index (χ4n) is 2.68. The maximum Gasteiger partial charge on any atom is 0.235 e. The van der Waals surface area contributed by atoms with Crippen LogP contribution in [0.2, 0.25) is 0 Å². The summed E-state index contributed by atoms with van der Waals surface area (Å²) >= 11 is 0. The van der Waals surface area contributed by atoms with Crippen molar-refractivity contribution in [2.45, 2.75) is 6.92 Å². The van der Waals surface area contributed by atoms with Crippen molar-refractivity contribution in [2.24, 2.45) is 7.05 Å². The van der Waals surface area contributed by atoms with Crippen LogP contribution in [-0.4, -0.2) is 24.1 Å². The van der Waals surface area contributed by atoms with Gasteiger partial charge in [-0.2, -0.15) is 5.10 Å². The predicted octanol–water partition coefficient (Wildman–Crippen LogP) is 3.24. The molecule has 23 heavy (non-hydrogen) atoms. The molecular formula is C17H14FN5. The topological polar surface area (TPSA) is 48.0 Å². The average molecular weight is 307 g/mol. The number of aromatic nitrogens is 5. The fourth-order valence-corrected chi connectivity index (χ4v) is 2.68. The summed E-state index contributed by atoms with van der Waals surface area (Å²) in [5, 5.41) is 4.24. The number of aryl methyl sites for hydroxylation is 2. The Morgan fingerprint density at radius 1 is 1.00 bits per heavy atom. The minimum Gasteiger partial charge on any atom is -0.281 e. The van der Waals surface area contributed by atoms with Gasteiger partial charge in [-0.05, 0) is 43.3 Å². The first-order valence-electron chi connectivity index (χ1n) is 7.23. The van der Waals surface area contributed by atoms with E-state index in [4.69, 9.17) is 0 Å². The van der Waals surface area contributed by atoms with Crippen molar-refractivity contribution in [3.63, 3.8) is 0 Å². The molecule has 3 heterocycles. The first kappa shape index (κ1) is 13.6. The summed E-state index contributed by atoms with van der Waals surface area (Å²) in [4.78, 5) is 9.15. The number of benzene rings is 1. The molecule has 0 saturated carbocycles. The normalized spacial score (nSPS) is 11.3. The summed E-state index contributed by atoms with van der Waals surface area (Å²) in [6, 6.07) is 10.2. The van der Waals surface area contributed by atoms with Crippen LogP contribution >= 0.6 is 0 Å². The zero-order valence-corrected chi connectivity index (χ0v) is 12.7. The molecule has 1 aromatic carbocycles. The molecule has 0 spiro atoms. The van der Waals surface area contributed by atoms with Crippen molar-refractivity contribution in [3.8, 4) is 22.6 Å². The van der Waals surface area contributed by atoms with E-state index in [2.05, 4.69) is 15.1 Å². The van der Waals surface area contributed by atoms with Gasteiger partial charge in [0.15, 0.2) is 0 Å². The molecule has 5 nitrogen and oxygen atoms in total. The third-order valence-electron chi connectivity index (χ3n) is 3.81. The second-order valence-corrected chi connectivity index (χ2v) is 5.39. The highest BCUT2D eigenvalue weighted by molar-refractivity contribution is 5.79. The molecule has 4 aromatic rings. The number of rotatable bonds is 2. The maximum atomic E-state index is 13.2. The van der Waals surface area contributed by atoms with Crippen LogP contribution in [0.1, 0.15) is 5.69 Å². The Morgan fingerprint density at radius 2 is 1.78 bits per heavy atom. The minimum atomic E-state index is -0.270. The van der Waals surface area contributed by atoms with E-state index in [0.717, 1.165) is 28.3 Å². The minimum absolute atomic E-state index is 0.270. The third kappa shape index (κ3) is 2.19. The van der Waals surface area contributed by atoms with Crippen LogP contribution in [0.15, 0.2) is 48.8 Å². The van der Waals surface area contributed by atoms with Gasteiger partial charge in [-0.15, -0.1) is 0 Å². The standard InChI is InChI=1S/C17H14FN5/c1-11-8-10-23-16(14-7-9-19-22(14)2)15(21-17(23)20-11)12-3-5-13(18)6-4-12/h3-10H,1-2H3. The van der Waals surface area contributed by atoms with Crippen LogP contribution in [0, 0.1) is 12.7 Å². The van der Waals surface area contributed by atoms with E-state index < -0.39 is 0 Å². The Morgan fingerprint density at radius 3 is 2.48 bits per heavy atom. The molecular weight excluding hydrogens is 293 g/mol. The molecule has 0 aliphatic heterocycles. The number of halogens is 1. The largest absolute Gasteiger partial charge is 0.281 e. The third-order valence-corrected chi connectivity index (χ3v) is 3.81. The number of nitrogens with zero attached hydrogens (tertiary/aromatic N) is 5. The van der Waals surface area contributed by atoms with E-state index in [1.165, 1.54) is 12.1 Å². The molecule has 0 aliphatic rings. The summed E-state index contributed by atoms with van der Waals surface area (Å²) in [6.45, 7) is 1.93. The van der Waals surface area contributed by atoms with Crippen LogP contribution in [0.5, 0.6) is 0 Å². The smallest absolute Gasteiger partial charge is 0.235 e. The molecule has 0 fully saturated rings. The van der Waals surface area contributed by atoms with Gasteiger partial charge < -0.3 is 0 Å². The van der Waals surface area contributed by atoms with Crippen molar-refractivity contribution in [1.29, 1.82) is 0 Å². The summed E-state index contributed by atoms with van der Waals surface area (Å²) in [5.74, 6) is 0.342. The van der Waals surface area contributed by atoms with Gasteiger partial charge in [0.25, 0.3) is 0 Å². The summed E-state index contributed by atoms with van der Waals surface area (Å²) in [7, 11) is 1.88. The maximum absolute atomic E-state index is 13.2. The van der Waals surface area contributed by atoms with Gasteiger partial charge in [0.05, 0.1) is 5.69 Å². The number of hydrogen-bond acceptors (Lipinski definition) is 3. The second kappa shape index (κ2) is 5.01. The lowest BCUT2D eigenvalue weighted by atomic mass is 10.1. The van der Waals surface area contributed by atoms with Crippen LogP contribution in [0.25, 0.3) is 28.4 Å². The Balaban J connectivity index is 2.06. The summed E-state index contributed by atoms with van der Waals surface area (Å²) in [5.41, 5.74) is 4.30. The molecule has 0 saturated heterocycles. The molecule has 0 unspecified atom stereocenters. The number of hydrogen-bond donors (Lipinski definition) is 0. The molecule has 114 valence electrons. The molecule has 0 bridgehead atoms.